The first-order valence-electron chi connectivity index (χ1n) is 19.5. The topological polar surface area (TPSA) is 163 Å². The maximum Gasteiger partial charge on any atom is 0.262 e. The van der Waals surface area contributed by atoms with Crippen molar-refractivity contribution in [2.24, 2.45) is 5.92 Å². The number of nitrogens with zero attached hydrogens (tertiary/aromatic N) is 8. The van der Waals surface area contributed by atoms with Crippen LogP contribution in [0.2, 0.25) is 5.02 Å². The summed E-state index contributed by atoms with van der Waals surface area (Å²) >= 11 is 6.32. The Morgan fingerprint density at radius 3 is 2.28 bits per heavy atom. The molecule has 0 saturated carbocycles. The molecule has 0 radical (unpaired) electrons. The summed E-state index contributed by atoms with van der Waals surface area (Å²) in [5.74, 6) is -0.925. The van der Waals surface area contributed by atoms with Gasteiger partial charge in [0.1, 0.15) is 12.1 Å². The SMILES string of the molecule is CC1(C)C(=O)N(c2ccc(C#N)c(Cl)c2)c2ccc(-c3ncc(N4CC(CCN5CCN(c6ccc7c(c6)C(=O)N(C6CCC(=O)NC6=O)C7=O)CC5)C4)cn3)cc21. The molecule has 5 amide bonds. The molecule has 6 heterocycles. The zero-order chi connectivity index (χ0) is 40.5. The fraction of sp³-hybridized carbons (Fsp3) is 0.349. The number of piperidine rings is 1. The van der Waals surface area contributed by atoms with Gasteiger partial charge < -0.3 is 9.80 Å². The number of nitriles is 1. The fourth-order valence-corrected chi connectivity index (χ4v) is 8.93. The van der Waals surface area contributed by atoms with E-state index in [1.807, 2.05) is 50.5 Å². The van der Waals surface area contributed by atoms with Crippen molar-refractivity contribution in [1.82, 2.24) is 25.1 Å². The summed E-state index contributed by atoms with van der Waals surface area (Å²) in [4.78, 5) is 83.1. The highest BCUT2D eigenvalue weighted by Gasteiger charge is 2.46. The van der Waals surface area contributed by atoms with Gasteiger partial charge in [0.15, 0.2) is 5.82 Å². The zero-order valence-corrected chi connectivity index (χ0v) is 32.8. The Kier molecular flexibility index (Phi) is 9.25. The maximum absolute atomic E-state index is 13.6. The summed E-state index contributed by atoms with van der Waals surface area (Å²) in [7, 11) is 0. The van der Waals surface area contributed by atoms with Gasteiger partial charge in [-0.25, -0.2) is 9.97 Å². The average Bonchev–Trinajstić information content (AvgIpc) is 3.57. The molecule has 1 unspecified atom stereocenters. The number of hydrogen-bond acceptors (Lipinski definition) is 11. The third-order valence-electron chi connectivity index (χ3n) is 12.2. The van der Waals surface area contributed by atoms with Gasteiger partial charge >= 0.3 is 0 Å². The van der Waals surface area contributed by atoms with Gasteiger partial charge in [0, 0.05) is 56.9 Å². The molecular weight excluding hydrogens is 758 g/mol. The number of nitrogens with one attached hydrogen (secondary N) is 1. The number of amides is 5. The first-order valence-corrected chi connectivity index (χ1v) is 19.9. The van der Waals surface area contributed by atoms with Crippen LogP contribution < -0.4 is 20.0 Å². The van der Waals surface area contributed by atoms with E-state index < -0.39 is 35.1 Å². The lowest BCUT2D eigenvalue weighted by Gasteiger charge is -2.42. The number of rotatable bonds is 8. The quantitative estimate of drug-likeness (QED) is 0.247. The van der Waals surface area contributed by atoms with Crippen molar-refractivity contribution in [1.29, 1.82) is 5.26 Å². The highest BCUT2D eigenvalue weighted by atomic mass is 35.5. The molecule has 3 saturated heterocycles. The van der Waals surface area contributed by atoms with Crippen molar-refractivity contribution in [3.8, 4) is 17.5 Å². The molecule has 0 aliphatic carbocycles. The molecule has 5 aliphatic rings. The van der Waals surface area contributed by atoms with Crippen LogP contribution >= 0.6 is 11.6 Å². The largest absolute Gasteiger partial charge is 0.369 e. The van der Waals surface area contributed by atoms with E-state index in [0.717, 1.165) is 85.3 Å². The lowest BCUT2D eigenvalue weighted by atomic mass is 9.85. The van der Waals surface area contributed by atoms with E-state index in [-0.39, 0.29) is 24.3 Å². The van der Waals surface area contributed by atoms with Crippen molar-refractivity contribution in [3.05, 3.63) is 94.3 Å². The van der Waals surface area contributed by atoms with E-state index >= 15 is 0 Å². The number of anilines is 4. The molecule has 3 aromatic carbocycles. The highest BCUT2D eigenvalue weighted by molar-refractivity contribution is 6.32. The Bertz CT molecular complexity index is 2450. The minimum Gasteiger partial charge on any atom is -0.369 e. The van der Waals surface area contributed by atoms with Gasteiger partial charge in [-0.2, -0.15) is 5.26 Å². The Hall–Kier alpha value is -6.17. The van der Waals surface area contributed by atoms with Crippen LogP contribution in [0.15, 0.2) is 67.0 Å². The fourth-order valence-electron chi connectivity index (χ4n) is 8.71. The summed E-state index contributed by atoms with van der Waals surface area (Å²) < 4.78 is 0. The first kappa shape index (κ1) is 37.4. The van der Waals surface area contributed by atoms with Crippen molar-refractivity contribution in [2.45, 2.75) is 44.6 Å². The number of carbonyl (C=O) groups is 5. The lowest BCUT2D eigenvalue weighted by Crippen LogP contribution is -2.54. The first-order chi connectivity index (χ1) is 27.9. The number of hydrogen-bond donors (Lipinski definition) is 1. The molecule has 4 aromatic rings. The summed E-state index contributed by atoms with van der Waals surface area (Å²) in [6, 6.07) is 17.2. The summed E-state index contributed by atoms with van der Waals surface area (Å²) in [5, 5.41) is 11.8. The second-order valence-electron chi connectivity index (χ2n) is 16.1. The molecule has 1 N–H and O–H groups in total. The van der Waals surface area contributed by atoms with Gasteiger partial charge in [0.2, 0.25) is 17.7 Å². The number of benzene rings is 3. The minimum atomic E-state index is -0.977. The molecule has 9 rings (SSSR count). The summed E-state index contributed by atoms with van der Waals surface area (Å²) in [6.45, 7) is 10.0. The third kappa shape index (κ3) is 6.35. The molecule has 1 atom stereocenters. The smallest absolute Gasteiger partial charge is 0.262 e. The molecule has 294 valence electrons. The standard InChI is InChI=1S/C43H40ClN9O5/c1-43(2)33-17-26(4-8-35(33)52(42(43)58)29-5-3-27(20-45)34(44)19-29)38-46-21-30(22-47-38)51-23-25(24-51)11-12-49-13-15-50(16-14-49)28-6-7-31-32(18-28)41(57)53(40(31)56)36-9-10-37(54)48-39(36)55/h3-8,17-19,21-22,25,36H,9-16,23-24H2,1-2H3,(H,48,54,55). The van der Waals surface area contributed by atoms with E-state index in [9.17, 15) is 29.2 Å². The van der Waals surface area contributed by atoms with Crippen LogP contribution in [0.1, 0.15) is 65.0 Å². The van der Waals surface area contributed by atoms with Gasteiger partial charge in [-0.1, -0.05) is 11.6 Å². The van der Waals surface area contributed by atoms with Crippen LogP contribution in [-0.2, 0) is 19.8 Å². The predicted molar refractivity (Wildman–Crippen MR) is 216 cm³/mol. The minimum absolute atomic E-state index is 0.0811. The molecule has 14 nitrogen and oxygen atoms in total. The van der Waals surface area contributed by atoms with Gasteiger partial charge in [-0.3, -0.25) is 44.0 Å². The Morgan fingerprint density at radius 1 is 0.845 bits per heavy atom. The molecule has 5 aliphatic heterocycles. The molecule has 0 spiro atoms. The van der Waals surface area contributed by atoms with E-state index in [1.165, 1.54) is 0 Å². The summed E-state index contributed by atoms with van der Waals surface area (Å²) in [6.07, 6.45) is 5.02. The van der Waals surface area contributed by atoms with E-state index in [4.69, 9.17) is 21.6 Å². The number of fused-ring (bicyclic) bond motifs is 2. The van der Waals surface area contributed by atoms with Gasteiger partial charge in [-0.15, -0.1) is 0 Å². The van der Waals surface area contributed by atoms with Crippen LogP contribution in [0.4, 0.5) is 22.7 Å². The van der Waals surface area contributed by atoms with Crippen molar-refractivity contribution in [2.75, 3.05) is 60.5 Å². The van der Waals surface area contributed by atoms with Crippen molar-refractivity contribution >= 4 is 63.9 Å². The Balaban J connectivity index is 0.763. The van der Waals surface area contributed by atoms with Gasteiger partial charge in [-0.05, 0) is 99.3 Å². The van der Waals surface area contributed by atoms with E-state index in [1.54, 1.807) is 35.2 Å². The molecule has 58 heavy (non-hydrogen) atoms. The molecular formula is C43H40ClN9O5. The number of imide groups is 2. The Morgan fingerprint density at radius 2 is 1.57 bits per heavy atom. The number of aromatic nitrogens is 2. The lowest BCUT2D eigenvalue weighted by molar-refractivity contribution is -0.136. The molecule has 0 bridgehead atoms. The van der Waals surface area contributed by atoms with Crippen LogP contribution in [0.5, 0.6) is 0 Å². The van der Waals surface area contributed by atoms with Crippen LogP contribution in [0.3, 0.4) is 0 Å². The maximum atomic E-state index is 13.6. The van der Waals surface area contributed by atoms with Gasteiger partial charge in [0.05, 0.1) is 56.6 Å². The summed E-state index contributed by atoms with van der Waals surface area (Å²) in [5.41, 5.74) is 5.07. The van der Waals surface area contributed by atoms with Crippen LogP contribution in [0.25, 0.3) is 11.4 Å². The predicted octanol–water partition coefficient (Wildman–Crippen LogP) is 4.67. The second kappa shape index (κ2) is 14.3. The van der Waals surface area contributed by atoms with Crippen molar-refractivity contribution < 1.29 is 24.0 Å². The second-order valence-corrected chi connectivity index (χ2v) is 16.5. The van der Waals surface area contributed by atoms with Gasteiger partial charge in [0.25, 0.3) is 11.8 Å². The molecule has 15 heteroatoms. The van der Waals surface area contributed by atoms with Crippen molar-refractivity contribution in [3.63, 3.8) is 0 Å². The van der Waals surface area contributed by atoms with E-state index in [2.05, 4.69) is 26.1 Å². The normalized spacial score (nSPS) is 20.6. The van der Waals surface area contributed by atoms with E-state index in [0.29, 0.717) is 33.6 Å². The third-order valence-corrected chi connectivity index (χ3v) is 12.5. The monoisotopic (exact) mass is 797 g/mol. The Labute approximate surface area is 340 Å². The number of piperazine rings is 1. The molecule has 3 fully saturated rings. The van der Waals surface area contributed by atoms with Crippen LogP contribution in [0, 0.1) is 17.2 Å². The zero-order valence-electron chi connectivity index (χ0n) is 32.1. The number of carbonyl (C=O) groups excluding carboxylic acids is 5. The molecule has 1 aromatic heterocycles. The highest BCUT2D eigenvalue weighted by Crippen LogP contribution is 2.47. The average molecular weight is 798 g/mol. The van der Waals surface area contributed by atoms with Crippen LogP contribution in [-0.4, -0.2) is 101 Å². The number of halogens is 1.